The first-order valence-electron chi connectivity index (χ1n) is 7.26. The van der Waals surface area contributed by atoms with Crippen LogP contribution in [0.2, 0.25) is 0 Å². The standard InChI is InChI=1S/C16H23FN2O/c1-11(9-18)8-16(20)19-10-12(2)7-15(19)13-5-3-4-6-14(13)17/h3-6,11-12,15H,7-10,18H2,1-2H3/t11-,12-,15+/m0/s1. The van der Waals surface area contributed by atoms with Crippen molar-refractivity contribution in [1.82, 2.24) is 4.90 Å². The highest BCUT2D eigenvalue weighted by Gasteiger charge is 2.35. The fourth-order valence-corrected chi connectivity index (χ4v) is 2.86. The normalized spacial score (nSPS) is 23.9. The van der Waals surface area contributed by atoms with Crippen molar-refractivity contribution in [3.05, 3.63) is 35.6 Å². The first-order chi connectivity index (χ1) is 9.52. The minimum atomic E-state index is -0.226. The van der Waals surface area contributed by atoms with Crippen molar-refractivity contribution >= 4 is 5.91 Å². The van der Waals surface area contributed by atoms with Crippen LogP contribution in [0.25, 0.3) is 0 Å². The van der Waals surface area contributed by atoms with E-state index in [4.69, 9.17) is 5.73 Å². The van der Waals surface area contributed by atoms with E-state index in [0.29, 0.717) is 31.0 Å². The number of amides is 1. The SMILES string of the molecule is C[C@H](CN)CC(=O)N1C[C@@H](C)C[C@@H]1c1ccccc1F. The van der Waals surface area contributed by atoms with Crippen LogP contribution >= 0.6 is 0 Å². The maximum absolute atomic E-state index is 14.0. The van der Waals surface area contributed by atoms with Crippen molar-refractivity contribution in [2.24, 2.45) is 17.6 Å². The highest BCUT2D eigenvalue weighted by atomic mass is 19.1. The molecule has 1 aromatic carbocycles. The summed E-state index contributed by atoms with van der Waals surface area (Å²) in [6.07, 6.45) is 1.26. The van der Waals surface area contributed by atoms with Crippen LogP contribution in [-0.2, 0) is 4.79 Å². The Morgan fingerprint density at radius 1 is 1.50 bits per heavy atom. The summed E-state index contributed by atoms with van der Waals surface area (Å²) in [6, 6.07) is 6.62. The smallest absolute Gasteiger partial charge is 0.223 e. The number of likely N-dealkylation sites (tertiary alicyclic amines) is 1. The van der Waals surface area contributed by atoms with Gasteiger partial charge in [0.1, 0.15) is 5.82 Å². The lowest BCUT2D eigenvalue weighted by molar-refractivity contribution is -0.133. The molecule has 1 heterocycles. The van der Waals surface area contributed by atoms with Crippen LogP contribution in [0, 0.1) is 17.7 Å². The van der Waals surface area contributed by atoms with E-state index >= 15 is 0 Å². The van der Waals surface area contributed by atoms with Gasteiger partial charge >= 0.3 is 0 Å². The molecule has 0 aromatic heterocycles. The second kappa shape index (κ2) is 6.35. The Kier molecular flexibility index (Phi) is 4.76. The molecule has 110 valence electrons. The van der Waals surface area contributed by atoms with Crippen LogP contribution in [-0.4, -0.2) is 23.9 Å². The Balaban J connectivity index is 2.19. The summed E-state index contributed by atoms with van der Waals surface area (Å²) >= 11 is 0. The third-order valence-corrected chi connectivity index (χ3v) is 4.02. The average molecular weight is 278 g/mol. The molecule has 1 fully saturated rings. The second-order valence-electron chi connectivity index (χ2n) is 5.97. The number of nitrogens with two attached hydrogens (primary N) is 1. The molecule has 0 bridgehead atoms. The van der Waals surface area contributed by atoms with E-state index in [1.54, 1.807) is 12.1 Å². The van der Waals surface area contributed by atoms with E-state index in [1.807, 2.05) is 17.9 Å². The molecule has 1 amide bonds. The van der Waals surface area contributed by atoms with Crippen LogP contribution < -0.4 is 5.73 Å². The van der Waals surface area contributed by atoms with E-state index < -0.39 is 0 Å². The van der Waals surface area contributed by atoms with Crippen molar-refractivity contribution in [1.29, 1.82) is 0 Å². The van der Waals surface area contributed by atoms with Gasteiger partial charge in [0.05, 0.1) is 6.04 Å². The molecule has 4 heteroatoms. The van der Waals surface area contributed by atoms with Gasteiger partial charge in [-0.25, -0.2) is 4.39 Å². The number of carbonyl (C=O) groups excluding carboxylic acids is 1. The topological polar surface area (TPSA) is 46.3 Å². The predicted octanol–water partition coefficient (Wildman–Crippen LogP) is 2.72. The van der Waals surface area contributed by atoms with Crippen molar-refractivity contribution < 1.29 is 9.18 Å². The molecule has 0 aliphatic carbocycles. The summed E-state index contributed by atoms with van der Waals surface area (Å²) in [5.74, 6) is 0.424. The average Bonchev–Trinajstić information content (AvgIpc) is 2.81. The molecule has 2 N–H and O–H groups in total. The van der Waals surface area contributed by atoms with E-state index in [9.17, 15) is 9.18 Å². The molecule has 20 heavy (non-hydrogen) atoms. The van der Waals surface area contributed by atoms with Gasteiger partial charge in [0.15, 0.2) is 0 Å². The Morgan fingerprint density at radius 3 is 2.85 bits per heavy atom. The van der Waals surface area contributed by atoms with Crippen LogP contribution in [0.3, 0.4) is 0 Å². The third kappa shape index (κ3) is 3.18. The number of hydrogen-bond acceptors (Lipinski definition) is 2. The molecule has 1 saturated heterocycles. The second-order valence-corrected chi connectivity index (χ2v) is 5.97. The molecular formula is C16H23FN2O. The molecule has 0 spiro atoms. The Hall–Kier alpha value is -1.42. The zero-order valence-electron chi connectivity index (χ0n) is 12.2. The zero-order valence-corrected chi connectivity index (χ0v) is 12.2. The fourth-order valence-electron chi connectivity index (χ4n) is 2.86. The Bertz CT molecular complexity index is 477. The van der Waals surface area contributed by atoms with Crippen LogP contribution in [0.4, 0.5) is 4.39 Å². The molecule has 0 unspecified atom stereocenters. The number of benzene rings is 1. The molecule has 0 radical (unpaired) electrons. The number of carbonyl (C=O) groups is 1. The highest BCUT2D eigenvalue weighted by Crippen LogP contribution is 2.36. The van der Waals surface area contributed by atoms with Gasteiger partial charge in [-0.1, -0.05) is 32.0 Å². The molecule has 1 aliphatic heterocycles. The summed E-state index contributed by atoms with van der Waals surface area (Å²) in [4.78, 5) is 14.2. The van der Waals surface area contributed by atoms with Gasteiger partial charge in [-0.3, -0.25) is 4.79 Å². The largest absolute Gasteiger partial charge is 0.335 e. The molecule has 0 saturated carbocycles. The highest BCUT2D eigenvalue weighted by molar-refractivity contribution is 5.77. The number of halogens is 1. The summed E-state index contributed by atoms with van der Waals surface area (Å²) < 4.78 is 14.0. The number of rotatable bonds is 4. The molecule has 1 aliphatic rings. The first kappa shape index (κ1) is 15.0. The molecule has 3 nitrogen and oxygen atoms in total. The van der Waals surface area contributed by atoms with Gasteiger partial charge < -0.3 is 10.6 Å². The van der Waals surface area contributed by atoms with E-state index in [1.165, 1.54) is 6.07 Å². The summed E-state index contributed by atoms with van der Waals surface area (Å²) in [6.45, 7) is 5.28. The minimum Gasteiger partial charge on any atom is -0.335 e. The van der Waals surface area contributed by atoms with Crippen LogP contribution in [0.1, 0.15) is 38.3 Å². The van der Waals surface area contributed by atoms with E-state index in [2.05, 4.69) is 6.92 Å². The van der Waals surface area contributed by atoms with Crippen molar-refractivity contribution in [2.45, 2.75) is 32.7 Å². The Morgan fingerprint density at radius 2 is 2.20 bits per heavy atom. The zero-order chi connectivity index (χ0) is 14.7. The third-order valence-electron chi connectivity index (χ3n) is 4.02. The molecule has 2 rings (SSSR count). The van der Waals surface area contributed by atoms with Crippen molar-refractivity contribution in [3.8, 4) is 0 Å². The van der Waals surface area contributed by atoms with E-state index in [-0.39, 0.29) is 23.7 Å². The quantitative estimate of drug-likeness (QED) is 0.920. The Labute approximate surface area is 120 Å². The number of hydrogen-bond donors (Lipinski definition) is 1. The van der Waals surface area contributed by atoms with Crippen molar-refractivity contribution in [3.63, 3.8) is 0 Å². The maximum Gasteiger partial charge on any atom is 0.223 e. The lowest BCUT2D eigenvalue weighted by Gasteiger charge is -2.26. The summed E-state index contributed by atoms with van der Waals surface area (Å²) in [5.41, 5.74) is 6.22. The lowest BCUT2D eigenvalue weighted by Crippen LogP contribution is -2.33. The van der Waals surface area contributed by atoms with Gasteiger partial charge in [-0.15, -0.1) is 0 Å². The van der Waals surface area contributed by atoms with Crippen molar-refractivity contribution in [2.75, 3.05) is 13.1 Å². The van der Waals surface area contributed by atoms with Crippen LogP contribution in [0.15, 0.2) is 24.3 Å². The fraction of sp³-hybridized carbons (Fsp3) is 0.562. The van der Waals surface area contributed by atoms with Gasteiger partial charge in [0, 0.05) is 18.5 Å². The maximum atomic E-state index is 14.0. The summed E-state index contributed by atoms with van der Waals surface area (Å²) in [5, 5.41) is 0. The molecule has 3 atom stereocenters. The van der Waals surface area contributed by atoms with Crippen LogP contribution in [0.5, 0.6) is 0 Å². The predicted molar refractivity (Wildman–Crippen MR) is 77.5 cm³/mol. The number of nitrogens with zero attached hydrogens (tertiary/aromatic N) is 1. The van der Waals surface area contributed by atoms with Gasteiger partial charge in [0.2, 0.25) is 5.91 Å². The minimum absolute atomic E-state index is 0.0838. The summed E-state index contributed by atoms with van der Waals surface area (Å²) in [7, 11) is 0. The van der Waals surface area contributed by atoms with Gasteiger partial charge in [0.25, 0.3) is 0 Å². The van der Waals surface area contributed by atoms with Gasteiger partial charge in [-0.05, 0) is 30.9 Å². The first-order valence-corrected chi connectivity index (χ1v) is 7.26. The van der Waals surface area contributed by atoms with E-state index in [0.717, 1.165) is 6.42 Å². The molecule has 1 aromatic rings. The lowest BCUT2D eigenvalue weighted by atomic mass is 10.00. The van der Waals surface area contributed by atoms with Gasteiger partial charge in [-0.2, -0.15) is 0 Å². The molecular weight excluding hydrogens is 255 g/mol. The monoisotopic (exact) mass is 278 g/mol.